The van der Waals surface area contributed by atoms with Crippen molar-refractivity contribution in [2.24, 2.45) is 0 Å². The zero-order valence-corrected chi connectivity index (χ0v) is 7.93. The number of carbonyl (C=O) groups is 1. The van der Waals surface area contributed by atoms with Crippen molar-refractivity contribution in [3.05, 3.63) is 23.1 Å². The normalized spacial score (nSPS) is 18.3. The summed E-state index contributed by atoms with van der Waals surface area (Å²) in [6, 6.07) is 3.37. The third-order valence-corrected chi connectivity index (χ3v) is 2.57. The van der Waals surface area contributed by atoms with Crippen molar-refractivity contribution in [1.29, 1.82) is 0 Å². The maximum atomic E-state index is 11.4. The van der Waals surface area contributed by atoms with E-state index in [2.05, 4.69) is 0 Å². The molecule has 0 spiro atoms. The first-order valence-electron chi connectivity index (χ1n) is 4.03. The molecule has 1 aliphatic carbocycles. The Kier molecular flexibility index (Phi) is 1.84. The van der Waals surface area contributed by atoms with Crippen LogP contribution in [0.3, 0.4) is 0 Å². The fourth-order valence-corrected chi connectivity index (χ4v) is 1.59. The van der Waals surface area contributed by atoms with Crippen LogP contribution in [-0.4, -0.2) is 13.1 Å². The second kappa shape index (κ2) is 2.77. The molecule has 0 saturated heterocycles. The van der Waals surface area contributed by atoms with E-state index < -0.39 is 5.41 Å². The van der Waals surface area contributed by atoms with E-state index in [-0.39, 0.29) is 5.97 Å². The van der Waals surface area contributed by atoms with Crippen molar-refractivity contribution in [2.75, 3.05) is 7.11 Å². The highest BCUT2D eigenvalue weighted by atomic mass is 35.5. The van der Waals surface area contributed by atoms with Crippen LogP contribution in [0.2, 0.25) is 5.22 Å². The molecule has 0 aromatic carbocycles. The number of esters is 1. The van der Waals surface area contributed by atoms with E-state index in [4.69, 9.17) is 20.8 Å². The number of hydrogen-bond acceptors (Lipinski definition) is 3. The van der Waals surface area contributed by atoms with Gasteiger partial charge in [-0.3, -0.25) is 4.79 Å². The number of rotatable bonds is 2. The van der Waals surface area contributed by atoms with Gasteiger partial charge >= 0.3 is 5.97 Å². The third kappa shape index (κ3) is 1.23. The van der Waals surface area contributed by atoms with Gasteiger partial charge < -0.3 is 9.15 Å². The Hall–Kier alpha value is -0.960. The van der Waals surface area contributed by atoms with Crippen molar-refractivity contribution in [3.8, 4) is 0 Å². The number of furan rings is 1. The molecule has 13 heavy (non-hydrogen) atoms. The van der Waals surface area contributed by atoms with Crippen LogP contribution in [0.4, 0.5) is 0 Å². The molecule has 1 fully saturated rings. The van der Waals surface area contributed by atoms with E-state index in [1.54, 1.807) is 12.1 Å². The zero-order valence-electron chi connectivity index (χ0n) is 7.17. The number of hydrogen-bond donors (Lipinski definition) is 0. The molecule has 0 aliphatic heterocycles. The van der Waals surface area contributed by atoms with Gasteiger partial charge in [0.2, 0.25) is 0 Å². The van der Waals surface area contributed by atoms with Crippen LogP contribution in [0.5, 0.6) is 0 Å². The molecule has 0 N–H and O–H groups in total. The van der Waals surface area contributed by atoms with Gasteiger partial charge in [-0.2, -0.15) is 0 Å². The molecule has 1 saturated carbocycles. The van der Waals surface area contributed by atoms with E-state index in [1.165, 1.54) is 7.11 Å². The van der Waals surface area contributed by atoms with E-state index in [0.29, 0.717) is 11.0 Å². The highest BCUT2D eigenvalue weighted by Crippen LogP contribution is 2.49. The molecule has 0 atom stereocenters. The molecule has 4 heteroatoms. The number of methoxy groups -OCH3 is 1. The molecule has 70 valence electrons. The van der Waals surface area contributed by atoms with Crippen LogP contribution in [0.25, 0.3) is 0 Å². The largest absolute Gasteiger partial charge is 0.468 e. The van der Waals surface area contributed by atoms with Gasteiger partial charge in [-0.1, -0.05) is 0 Å². The van der Waals surface area contributed by atoms with E-state index in [9.17, 15) is 4.79 Å². The highest BCUT2D eigenvalue weighted by molar-refractivity contribution is 6.28. The van der Waals surface area contributed by atoms with Crippen molar-refractivity contribution >= 4 is 17.6 Å². The van der Waals surface area contributed by atoms with E-state index in [0.717, 1.165) is 12.8 Å². The van der Waals surface area contributed by atoms with Crippen LogP contribution < -0.4 is 0 Å². The van der Waals surface area contributed by atoms with Crippen LogP contribution >= 0.6 is 11.6 Å². The second-order valence-electron chi connectivity index (χ2n) is 3.18. The molecule has 3 nitrogen and oxygen atoms in total. The maximum Gasteiger partial charge on any atom is 0.319 e. The fraction of sp³-hybridized carbons (Fsp3) is 0.444. The average molecular weight is 201 g/mol. The first-order valence-corrected chi connectivity index (χ1v) is 4.41. The Bertz CT molecular complexity index is 338. The molecule has 1 aromatic rings. The smallest absolute Gasteiger partial charge is 0.319 e. The molecule has 2 rings (SSSR count). The van der Waals surface area contributed by atoms with E-state index in [1.807, 2.05) is 0 Å². The molecule has 1 aliphatic rings. The number of carbonyl (C=O) groups excluding carboxylic acids is 1. The van der Waals surface area contributed by atoms with Crippen molar-refractivity contribution in [3.63, 3.8) is 0 Å². The molecule has 0 amide bonds. The van der Waals surface area contributed by atoms with Gasteiger partial charge in [0.15, 0.2) is 5.22 Å². The Labute approximate surface area is 80.6 Å². The van der Waals surface area contributed by atoms with Crippen LogP contribution in [-0.2, 0) is 14.9 Å². The number of ether oxygens (including phenoxy) is 1. The lowest BCUT2D eigenvalue weighted by molar-refractivity contribution is -0.144. The summed E-state index contributed by atoms with van der Waals surface area (Å²) in [7, 11) is 1.38. The summed E-state index contributed by atoms with van der Waals surface area (Å²) < 4.78 is 9.90. The van der Waals surface area contributed by atoms with Gasteiger partial charge in [0.25, 0.3) is 0 Å². The minimum Gasteiger partial charge on any atom is -0.468 e. The summed E-state index contributed by atoms with van der Waals surface area (Å²) >= 11 is 5.62. The third-order valence-electron chi connectivity index (χ3n) is 2.37. The van der Waals surface area contributed by atoms with Gasteiger partial charge in [-0.05, 0) is 36.6 Å². The summed E-state index contributed by atoms with van der Waals surface area (Å²) in [5, 5.41) is 0.310. The highest BCUT2D eigenvalue weighted by Gasteiger charge is 2.55. The monoisotopic (exact) mass is 200 g/mol. The van der Waals surface area contributed by atoms with Crippen LogP contribution in [0.15, 0.2) is 16.5 Å². The lowest BCUT2D eigenvalue weighted by Crippen LogP contribution is -2.20. The van der Waals surface area contributed by atoms with E-state index >= 15 is 0 Å². The summed E-state index contributed by atoms with van der Waals surface area (Å²) in [6.07, 6.45) is 1.56. The van der Waals surface area contributed by atoms with Crippen molar-refractivity contribution in [1.82, 2.24) is 0 Å². The number of halogens is 1. The minimum absolute atomic E-state index is 0.237. The molecule has 1 heterocycles. The average Bonchev–Trinajstić information content (AvgIpc) is 2.83. The first-order chi connectivity index (χ1) is 6.19. The van der Waals surface area contributed by atoms with Crippen molar-refractivity contribution in [2.45, 2.75) is 18.3 Å². The summed E-state index contributed by atoms with van der Waals surface area (Å²) in [6.45, 7) is 0. The summed E-state index contributed by atoms with van der Waals surface area (Å²) in [5.74, 6) is 0.378. The lowest BCUT2D eigenvalue weighted by atomic mass is 10.1. The fourth-order valence-electron chi connectivity index (χ4n) is 1.44. The van der Waals surface area contributed by atoms with Crippen LogP contribution in [0, 0.1) is 0 Å². The predicted octanol–water partition coefficient (Wildman–Crippen LogP) is 2.14. The minimum atomic E-state index is -0.540. The molecule has 1 aromatic heterocycles. The predicted molar refractivity (Wildman–Crippen MR) is 46.6 cm³/mol. The molecular formula is C9H9ClO3. The lowest BCUT2D eigenvalue weighted by Gasteiger charge is -2.08. The van der Waals surface area contributed by atoms with Gasteiger partial charge in [0.05, 0.1) is 7.11 Å². The molecule has 0 bridgehead atoms. The molecule has 0 unspecified atom stereocenters. The Morgan fingerprint density at radius 2 is 2.31 bits per heavy atom. The first kappa shape index (κ1) is 8.63. The maximum absolute atomic E-state index is 11.4. The Morgan fingerprint density at radius 1 is 1.62 bits per heavy atom. The second-order valence-corrected chi connectivity index (χ2v) is 3.55. The van der Waals surface area contributed by atoms with Crippen molar-refractivity contribution < 1.29 is 13.9 Å². The molecular weight excluding hydrogens is 192 g/mol. The topological polar surface area (TPSA) is 39.4 Å². The zero-order chi connectivity index (χ0) is 9.47. The Morgan fingerprint density at radius 3 is 2.69 bits per heavy atom. The summed E-state index contributed by atoms with van der Waals surface area (Å²) in [4.78, 5) is 11.4. The van der Waals surface area contributed by atoms with Gasteiger partial charge in [0, 0.05) is 0 Å². The Balaban J connectivity index is 2.30. The quantitative estimate of drug-likeness (QED) is 0.687. The van der Waals surface area contributed by atoms with Gasteiger partial charge in [-0.25, -0.2) is 0 Å². The standard InChI is InChI=1S/C9H9ClO3/c1-12-8(11)9(4-5-9)6-2-3-7(10)13-6/h2-3H,4-5H2,1H3. The summed E-state index contributed by atoms with van der Waals surface area (Å²) in [5.41, 5.74) is -0.540. The molecule has 0 radical (unpaired) electrons. The van der Waals surface area contributed by atoms with Gasteiger partial charge in [0.1, 0.15) is 11.2 Å². The van der Waals surface area contributed by atoms with Gasteiger partial charge in [-0.15, -0.1) is 0 Å². The SMILES string of the molecule is COC(=O)C1(c2ccc(Cl)o2)CC1. The van der Waals surface area contributed by atoms with Crippen LogP contribution in [0.1, 0.15) is 18.6 Å².